The van der Waals surface area contributed by atoms with Crippen molar-refractivity contribution in [3.8, 4) is 23.0 Å². The van der Waals surface area contributed by atoms with Gasteiger partial charge in [-0.2, -0.15) is 4.72 Å². The molecule has 0 aliphatic carbocycles. The fourth-order valence-corrected chi connectivity index (χ4v) is 4.62. The quantitative estimate of drug-likeness (QED) is 0.416. The molecule has 0 fully saturated rings. The monoisotopic (exact) mass is 500 g/mol. The third kappa shape index (κ3) is 6.43. The van der Waals surface area contributed by atoms with Gasteiger partial charge >= 0.3 is 0 Å². The molecule has 3 rings (SSSR count). The van der Waals surface area contributed by atoms with E-state index in [1.807, 2.05) is 30.3 Å². The van der Waals surface area contributed by atoms with Gasteiger partial charge < -0.3 is 24.3 Å². The summed E-state index contributed by atoms with van der Waals surface area (Å²) in [5, 5.41) is 2.76. The molecular weight excluding hydrogens is 472 g/mol. The molecule has 0 heterocycles. The summed E-state index contributed by atoms with van der Waals surface area (Å²) in [5.41, 5.74) is 1.13. The zero-order chi connectivity index (χ0) is 25.4. The maximum absolute atomic E-state index is 13.3. The van der Waals surface area contributed by atoms with E-state index in [1.165, 1.54) is 46.6 Å². The number of nitrogens with one attached hydrogen (secondary N) is 2. The van der Waals surface area contributed by atoms with Crippen LogP contribution in [0.1, 0.15) is 5.56 Å². The molecule has 10 heteroatoms. The minimum Gasteiger partial charge on any atom is -0.497 e. The molecule has 0 spiro atoms. The van der Waals surface area contributed by atoms with Gasteiger partial charge in [-0.25, -0.2) is 8.42 Å². The van der Waals surface area contributed by atoms with Crippen molar-refractivity contribution in [1.82, 2.24) is 4.72 Å². The number of carbonyl (C=O) groups is 1. The second kappa shape index (κ2) is 11.6. The first-order chi connectivity index (χ1) is 16.8. The van der Waals surface area contributed by atoms with E-state index in [2.05, 4.69) is 10.0 Å². The lowest BCUT2D eigenvalue weighted by molar-refractivity contribution is -0.117. The largest absolute Gasteiger partial charge is 0.497 e. The van der Waals surface area contributed by atoms with Gasteiger partial charge in [0.25, 0.3) is 0 Å². The van der Waals surface area contributed by atoms with Gasteiger partial charge in [-0.15, -0.1) is 0 Å². The molecule has 3 aromatic carbocycles. The van der Waals surface area contributed by atoms with E-state index in [0.717, 1.165) is 5.56 Å². The predicted octanol–water partition coefficient (Wildman–Crippen LogP) is 3.25. The second-order valence-electron chi connectivity index (χ2n) is 7.44. The van der Waals surface area contributed by atoms with Crippen LogP contribution in [0.3, 0.4) is 0 Å². The van der Waals surface area contributed by atoms with Crippen LogP contribution in [0.25, 0.3) is 0 Å². The Hall–Kier alpha value is -3.76. The smallest absolute Gasteiger partial charge is 0.243 e. The topological polar surface area (TPSA) is 112 Å². The summed E-state index contributed by atoms with van der Waals surface area (Å²) < 4.78 is 50.0. The number of carbonyl (C=O) groups excluding carboxylic acids is 1. The van der Waals surface area contributed by atoms with Crippen molar-refractivity contribution in [2.75, 3.05) is 33.8 Å². The molecule has 0 aromatic heterocycles. The Balaban J connectivity index is 1.93. The van der Waals surface area contributed by atoms with E-state index in [9.17, 15) is 13.2 Å². The van der Waals surface area contributed by atoms with Gasteiger partial charge in [0.2, 0.25) is 15.9 Å². The maximum Gasteiger partial charge on any atom is 0.243 e. The van der Waals surface area contributed by atoms with Crippen LogP contribution in [0.4, 0.5) is 5.69 Å². The SMILES string of the molecule is COc1ccc(OC)c(NC(=O)[C@H](Cc2ccccc2)NS(=O)(=O)c2ccc(OC)c(OC)c2)c1. The summed E-state index contributed by atoms with van der Waals surface area (Å²) in [6.07, 6.45) is 0.117. The number of amides is 1. The predicted molar refractivity (Wildman–Crippen MR) is 132 cm³/mol. The van der Waals surface area contributed by atoms with E-state index in [1.54, 1.807) is 18.2 Å². The fraction of sp³-hybridized carbons (Fsp3) is 0.240. The number of ether oxygens (including phenoxy) is 4. The number of hydrogen-bond acceptors (Lipinski definition) is 7. The molecule has 1 atom stereocenters. The van der Waals surface area contributed by atoms with Crippen LogP contribution in [0.5, 0.6) is 23.0 Å². The lowest BCUT2D eigenvalue weighted by atomic mass is 10.1. The van der Waals surface area contributed by atoms with Crippen LogP contribution >= 0.6 is 0 Å². The zero-order valence-electron chi connectivity index (χ0n) is 19.9. The van der Waals surface area contributed by atoms with E-state index in [-0.39, 0.29) is 17.1 Å². The van der Waals surface area contributed by atoms with Gasteiger partial charge in [0.05, 0.1) is 39.0 Å². The van der Waals surface area contributed by atoms with E-state index in [4.69, 9.17) is 18.9 Å². The Morgan fingerprint density at radius 2 is 1.46 bits per heavy atom. The van der Waals surface area contributed by atoms with E-state index in [0.29, 0.717) is 22.9 Å². The number of anilines is 1. The molecule has 0 aliphatic heterocycles. The standard InChI is InChI=1S/C25H28N2O7S/c1-31-18-10-12-22(32-2)20(15-18)26-25(28)21(14-17-8-6-5-7-9-17)27-35(29,30)19-11-13-23(33-3)24(16-19)34-4/h5-13,15-16,21,27H,14H2,1-4H3,(H,26,28)/t21-/m0/s1. The Kier molecular flexibility index (Phi) is 8.56. The van der Waals surface area contributed by atoms with Gasteiger partial charge in [0, 0.05) is 12.1 Å². The van der Waals surface area contributed by atoms with Crippen LogP contribution in [-0.4, -0.2) is 48.8 Å². The molecule has 3 aromatic rings. The highest BCUT2D eigenvalue weighted by atomic mass is 32.2. The summed E-state index contributed by atoms with van der Waals surface area (Å²) in [7, 11) is 1.74. The van der Waals surface area contributed by atoms with Crippen molar-refractivity contribution in [2.24, 2.45) is 0 Å². The highest BCUT2D eigenvalue weighted by Crippen LogP contribution is 2.31. The number of hydrogen-bond donors (Lipinski definition) is 2. The highest BCUT2D eigenvalue weighted by molar-refractivity contribution is 7.89. The second-order valence-corrected chi connectivity index (χ2v) is 9.15. The minimum absolute atomic E-state index is 0.0695. The summed E-state index contributed by atoms with van der Waals surface area (Å²) in [6.45, 7) is 0. The molecule has 9 nitrogen and oxygen atoms in total. The summed E-state index contributed by atoms with van der Waals surface area (Å²) >= 11 is 0. The number of methoxy groups -OCH3 is 4. The van der Waals surface area contributed by atoms with E-state index < -0.39 is 22.0 Å². The molecule has 0 bridgehead atoms. The lowest BCUT2D eigenvalue weighted by Gasteiger charge is -2.20. The first-order valence-corrected chi connectivity index (χ1v) is 12.1. The molecule has 1 amide bonds. The Morgan fingerprint density at radius 1 is 0.800 bits per heavy atom. The molecule has 2 N–H and O–H groups in total. The minimum atomic E-state index is -4.11. The first-order valence-electron chi connectivity index (χ1n) is 10.6. The van der Waals surface area contributed by atoms with Crippen LogP contribution in [0.2, 0.25) is 0 Å². The van der Waals surface area contributed by atoms with Gasteiger partial charge in [0.15, 0.2) is 11.5 Å². The molecule has 0 aliphatic rings. The number of rotatable bonds is 11. The van der Waals surface area contributed by atoms with Crippen LogP contribution in [-0.2, 0) is 21.2 Å². The van der Waals surface area contributed by atoms with Crippen LogP contribution in [0.15, 0.2) is 71.6 Å². The van der Waals surface area contributed by atoms with Crippen LogP contribution < -0.4 is 29.0 Å². The van der Waals surface area contributed by atoms with Crippen molar-refractivity contribution in [3.63, 3.8) is 0 Å². The fourth-order valence-electron chi connectivity index (χ4n) is 3.41. The van der Waals surface area contributed by atoms with Gasteiger partial charge in [0.1, 0.15) is 17.5 Å². The molecule has 35 heavy (non-hydrogen) atoms. The van der Waals surface area contributed by atoms with Crippen molar-refractivity contribution in [2.45, 2.75) is 17.4 Å². The first kappa shape index (κ1) is 25.9. The molecule has 186 valence electrons. The normalized spacial score (nSPS) is 11.9. The molecule has 0 saturated carbocycles. The van der Waals surface area contributed by atoms with Gasteiger partial charge in [-0.1, -0.05) is 30.3 Å². The van der Waals surface area contributed by atoms with E-state index >= 15 is 0 Å². The summed E-state index contributed by atoms with van der Waals surface area (Å²) in [4.78, 5) is 13.3. The lowest BCUT2D eigenvalue weighted by Crippen LogP contribution is -2.45. The van der Waals surface area contributed by atoms with Crippen molar-refractivity contribution in [3.05, 3.63) is 72.3 Å². The summed E-state index contributed by atoms with van der Waals surface area (Å²) in [5.74, 6) is 0.979. The molecular formula is C25H28N2O7S. The highest BCUT2D eigenvalue weighted by Gasteiger charge is 2.28. The van der Waals surface area contributed by atoms with Crippen molar-refractivity contribution in [1.29, 1.82) is 0 Å². The Bertz CT molecular complexity index is 1260. The maximum atomic E-state index is 13.3. The third-order valence-electron chi connectivity index (χ3n) is 5.23. The van der Waals surface area contributed by atoms with Crippen LogP contribution in [0, 0.1) is 0 Å². The Morgan fingerprint density at radius 3 is 2.09 bits per heavy atom. The average molecular weight is 501 g/mol. The van der Waals surface area contributed by atoms with Crippen molar-refractivity contribution < 1.29 is 32.2 Å². The Labute approximate surface area is 205 Å². The molecule has 0 radical (unpaired) electrons. The number of benzene rings is 3. The van der Waals surface area contributed by atoms with Gasteiger partial charge in [-0.3, -0.25) is 4.79 Å². The van der Waals surface area contributed by atoms with Gasteiger partial charge in [-0.05, 0) is 36.2 Å². The average Bonchev–Trinajstić information content (AvgIpc) is 2.88. The van der Waals surface area contributed by atoms with Crippen molar-refractivity contribution >= 4 is 21.6 Å². The third-order valence-corrected chi connectivity index (χ3v) is 6.70. The molecule has 0 unspecified atom stereocenters. The molecule has 0 saturated heterocycles. The number of sulfonamides is 1. The zero-order valence-corrected chi connectivity index (χ0v) is 20.7. The summed E-state index contributed by atoms with van der Waals surface area (Å²) in [6, 6.07) is 17.1.